The molecule has 0 aliphatic heterocycles. The van der Waals surface area contributed by atoms with Crippen molar-refractivity contribution in [2.45, 2.75) is 10.2 Å². The Hall–Kier alpha value is -0.0900. The molecule has 0 aliphatic carbocycles. The van der Waals surface area contributed by atoms with Gasteiger partial charge in [-0.05, 0) is 11.4 Å². The molecule has 0 saturated carbocycles. The van der Waals surface area contributed by atoms with Gasteiger partial charge >= 0.3 is 0 Å². The molecular weight excluding hydrogens is 265 g/mol. The van der Waals surface area contributed by atoms with Crippen LogP contribution in [0.4, 0.5) is 0 Å². The van der Waals surface area contributed by atoms with E-state index in [2.05, 4.69) is 0 Å². The molecule has 14 heavy (non-hydrogen) atoms. The van der Waals surface area contributed by atoms with Crippen molar-refractivity contribution < 1.29 is 4.79 Å². The molecule has 1 aromatic heterocycles. The summed E-state index contributed by atoms with van der Waals surface area (Å²) in [6.07, 6.45) is -0.156. The van der Waals surface area contributed by atoms with E-state index < -0.39 is 3.79 Å². The number of Topliss-reactive ketones (excluding diaryl/α,β-unsaturated/α-hetero) is 1. The van der Waals surface area contributed by atoms with Crippen LogP contribution in [-0.2, 0) is 0 Å². The summed E-state index contributed by atoms with van der Waals surface area (Å²) in [5.41, 5.74) is -0.207. The Labute approximate surface area is 100 Å². The summed E-state index contributed by atoms with van der Waals surface area (Å²) in [6, 6.07) is 3.44. The van der Waals surface area contributed by atoms with Gasteiger partial charge in [0.15, 0.2) is 5.78 Å². The molecule has 76 valence electrons. The zero-order valence-electron chi connectivity index (χ0n) is 6.89. The van der Waals surface area contributed by atoms with Crippen molar-refractivity contribution in [2.75, 3.05) is 0 Å². The number of rotatable bonds is 3. The number of halogens is 3. The van der Waals surface area contributed by atoms with Crippen molar-refractivity contribution >= 4 is 57.6 Å². The van der Waals surface area contributed by atoms with Crippen molar-refractivity contribution in [2.24, 2.45) is 0 Å². The fraction of sp³-hybridized carbons (Fsp3) is 0.250. The van der Waals surface area contributed by atoms with Crippen molar-refractivity contribution in [1.82, 2.24) is 0 Å². The lowest BCUT2D eigenvalue weighted by Gasteiger charge is -2.10. The minimum absolute atomic E-state index is 0.156. The van der Waals surface area contributed by atoms with E-state index >= 15 is 0 Å². The van der Waals surface area contributed by atoms with E-state index in [4.69, 9.17) is 40.2 Å². The first-order chi connectivity index (χ1) is 6.41. The average Bonchev–Trinajstić information content (AvgIpc) is 2.53. The van der Waals surface area contributed by atoms with Crippen LogP contribution in [0.1, 0.15) is 16.1 Å². The van der Waals surface area contributed by atoms with Crippen LogP contribution in [0, 0.1) is 5.41 Å². The minimum Gasteiger partial charge on any atom is -0.305 e. The van der Waals surface area contributed by atoms with Gasteiger partial charge in [-0.15, -0.1) is 11.3 Å². The number of hydrogen-bond acceptors (Lipinski definition) is 3. The maximum atomic E-state index is 11.5. The topological polar surface area (TPSA) is 40.9 Å². The fourth-order valence-electron chi connectivity index (χ4n) is 0.785. The maximum Gasteiger partial charge on any atom is 0.228 e. The minimum atomic E-state index is -1.78. The Morgan fingerprint density at radius 3 is 2.57 bits per heavy atom. The highest BCUT2D eigenvalue weighted by Crippen LogP contribution is 2.29. The number of carbonyl (C=O) groups excluding carboxylic acids is 1. The highest BCUT2D eigenvalue weighted by Gasteiger charge is 2.28. The fourth-order valence-corrected chi connectivity index (χ4v) is 1.65. The maximum absolute atomic E-state index is 11.5. The van der Waals surface area contributed by atoms with Crippen molar-refractivity contribution in [3.63, 3.8) is 0 Å². The third kappa shape index (κ3) is 3.24. The number of nitrogens with one attached hydrogen (secondary N) is 1. The molecule has 0 atom stereocenters. The van der Waals surface area contributed by atoms with Gasteiger partial charge in [0.1, 0.15) is 0 Å². The summed E-state index contributed by atoms with van der Waals surface area (Å²) in [6.45, 7) is 0. The van der Waals surface area contributed by atoms with Gasteiger partial charge in [0, 0.05) is 0 Å². The first kappa shape index (κ1) is 12.0. The van der Waals surface area contributed by atoms with E-state index in [1.807, 2.05) is 0 Å². The Balaban J connectivity index is 2.63. The number of hydrogen-bond donors (Lipinski definition) is 1. The van der Waals surface area contributed by atoms with E-state index in [9.17, 15) is 4.79 Å². The molecule has 0 saturated heterocycles. The molecule has 0 aromatic carbocycles. The van der Waals surface area contributed by atoms with Crippen LogP contribution in [0.25, 0.3) is 0 Å². The summed E-state index contributed by atoms with van der Waals surface area (Å²) in [7, 11) is 0. The van der Waals surface area contributed by atoms with Crippen LogP contribution >= 0.6 is 46.1 Å². The van der Waals surface area contributed by atoms with Crippen LogP contribution in [0.15, 0.2) is 17.5 Å². The van der Waals surface area contributed by atoms with Gasteiger partial charge in [0.25, 0.3) is 0 Å². The third-order valence-electron chi connectivity index (χ3n) is 1.48. The van der Waals surface area contributed by atoms with Crippen molar-refractivity contribution in [1.29, 1.82) is 5.41 Å². The summed E-state index contributed by atoms with van der Waals surface area (Å²) < 4.78 is -1.78. The molecule has 0 radical (unpaired) electrons. The SMILES string of the molecule is N=C(CC(=O)c1cccs1)C(Cl)(Cl)Cl. The van der Waals surface area contributed by atoms with E-state index in [-0.39, 0.29) is 17.9 Å². The molecule has 0 aliphatic rings. The molecule has 1 heterocycles. The summed E-state index contributed by atoms with van der Waals surface area (Å²) in [5, 5.41) is 9.14. The van der Waals surface area contributed by atoms with Crippen molar-refractivity contribution in [3.05, 3.63) is 22.4 Å². The standard InChI is InChI=1S/C8H6Cl3NOS/c9-8(10,11)7(12)4-5(13)6-2-1-3-14-6/h1-3,12H,4H2. The lowest BCUT2D eigenvalue weighted by atomic mass is 10.2. The molecule has 0 unspecified atom stereocenters. The number of alkyl halides is 3. The number of thiophene rings is 1. The molecule has 0 bridgehead atoms. The monoisotopic (exact) mass is 269 g/mol. The van der Waals surface area contributed by atoms with Gasteiger partial charge in [0.2, 0.25) is 3.79 Å². The predicted octanol–water partition coefficient (Wildman–Crippen LogP) is 3.71. The molecule has 0 spiro atoms. The number of carbonyl (C=O) groups is 1. The first-order valence-electron chi connectivity index (χ1n) is 3.62. The van der Waals surface area contributed by atoms with Gasteiger partial charge < -0.3 is 5.41 Å². The predicted molar refractivity (Wildman–Crippen MR) is 61.3 cm³/mol. The summed E-state index contributed by atoms with van der Waals surface area (Å²) in [4.78, 5) is 12.0. The second-order valence-corrected chi connectivity index (χ2v) is 5.78. The molecular formula is C8H6Cl3NOS. The van der Waals surface area contributed by atoms with Crippen LogP contribution in [0.2, 0.25) is 0 Å². The highest BCUT2D eigenvalue weighted by molar-refractivity contribution is 7.12. The van der Waals surface area contributed by atoms with E-state index in [0.29, 0.717) is 4.88 Å². The zero-order valence-corrected chi connectivity index (χ0v) is 9.97. The highest BCUT2D eigenvalue weighted by atomic mass is 35.6. The first-order valence-corrected chi connectivity index (χ1v) is 5.64. The van der Waals surface area contributed by atoms with Crippen LogP contribution in [-0.4, -0.2) is 15.3 Å². The molecule has 1 N–H and O–H groups in total. The van der Waals surface area contributed by atoms with Gasteiger partial charge in [-0.2, -0.15) is 0 Å². The molecule has 2 nitrogen and oxygen atoms in total. The second kappa shape index (κ2) is 4.62. The van der Waals surface area contributed by atoms with Gasteiger partial charge in [0.05, 0.1) is 17.0 Å². The van der Waals surface area contributed by atoms with Gasteiger partial charge in [-0.1, -0.05) is 40.9 Å². The Morgan fingerprint density at radius 2 is 2.14 bits per heavy atom. The molecule has 0 fully saturated rings. The largest absolute Gasteiger partial charge is 0.305 e. The lowest BCUT2D eigenvalue weighted by Crippen LogP contribution is -2.21. The van der Waals surface area contributed by atoms with Gasteiger partial charge in [-0.25, -0.2) is 0 Å². The Bertz CT molecular complexity index is 342. The Morgan fingerprint density at radius 1 is 1.50 bits per heavy atom. The van der Waals surface area contributed by atoms with E-state index in [1.54, 1.807) is 17.5 Å². The van der Waals surface area contributed by atoms with Crippen LogP contribution in [0.5, 0.6) is 0 Å². The normalized spacial score (nSPS) is 11.4. The quantitative estimate of drug-likeness (QED) is 0.508. The van der Waals surface area contributed by atoms with Gasteiger partial charge in [-0.3, -0.25) is 4.79 Å². The van der Waals surface area contributed by atoms with E-state index in [0.717, 1.165) is 0 Å². The third-order valence-corrected chi connectivity index (χ3v) is 3.07. The van der Waals surface area contributed by atoms with Crippen molar-refractivity contribution in [3.8, 4) is 0 Å². The smallest absolute Gasteiger partial charge is 0.228 e. The Kier molecular flexibility index (Phi) is 3.95. The summed E-state index contributed by atoms with van der Waals surface area (Å²) >= 11 is 17.6. The van der Waals surface area contributed by atoms with E-state index in [1.165, 1.54) is 11.3 Å². The average molecular weight is 271 g/mol. The lowest BCUT2D eigenvalue weighted by molar-refractivity contribution is 0.100. The molecule has 1 aromatic rings. The number of ketones is 1. The van der Waals surface area contributed by atoms with Crippen LogP contribution < -0.4 is 0 Å². The molecule has 0 amide bonds. The second-order valence-electron chi connectivity index (χ2n) is 2.55. The molecule has 1 rings (SSSR count). The molecule has 6 heteroatoms. The zero-order chi connectivity index (χ0) is 10.8. The van der Waals surface area contributed by atoms with Crippen LogP contribution in [0.3, 0.4) is 0 Å². The summed E-state index contributed by atoms with van der Waals surface area (Å²) in [5.74, 6) is -0.198.